The number of hydrogen-bond acceptors (Lipinski definition) is 7. The first-order chi connectivity index (χ1) is 15.5. The van der Waals surface area contributed by atoms with Gasteiger partial charge in [0.25, 0.3) is 5.91 Å². The van der Waals surface area contributed by atoms with Crippen LogP contribution in [0.4, 0.5) is 5.95 Å². The molecule has 1 N–H and O–H groups in total. The zero-order valence-corrected chi connectivity index (χ0v) is 18.8. The van der Waals surface area contributed by atoms with Crippen LogP contribution in [0.1, 0.15) is 73.4 Å². The number of hydrogen-bond donors (Lipinski definition) is 1. The van der Waals surface area contributed by atoms with E-state index < -0.39 is 0 Å². The van der Waals surface area contributed by atoms with E-state index in [0.29, 0.717) is 36.5 Å². The van der Waals surface area contributed by atoms with Gasteiger partial charge in [-0.3, -0.25) is 9.48 Å². The first kappa shape index (κ1) is 20.7. The van der Waals surface area contributed by atoms with Crippen molar-refractivity contribution in [1.82, 2.24) is 29.8 Å². The van der Waals surface area contributed by atoms with E-state index >= 15 is 0 Å². The second kappa shape index (κ2) is 8.37. The van der Waals surface area contributed by atoms with Crippen LogP contribution < -0.4 is 5.32 Å². The lowest BCUT2D eigenvalue weighted by molar-refractivity contribution is 0.0697. The molecule has 1 saturated heterocycles. The molecular weight excluding hydrogens is 406 g/mol. The lowest BCUT2D eigenvalue weighted by atomic mass is 9.90. The van der Waals surface area contributed by atoms with Gasteiger partial charge in [-0.15, -0.1) is 0 Å². The molecule has 0 aromatic carbocycles. The number of nitrogens with zero attached hydrogens (tertiary/aromatic N) is 6. The molecule has 3 aromatic rings. The van der Waals surface area contributed by atoms with Gasteiger partial charge in [-0.25, -0.2) is 9.97 Å². The van der Waals surface area contributed by atoms with Crippen LogP contribution in [-0.4, -0.2) is 54.8 Å². The van der Waals surface area contributed by atoms with Crippen molar-refractivity contribution >= 4 is 11.9 Å². The van der Waals surface area contributed by atoms with Crippen molar-refractivity contribution in [2.45, 2.75) is 64.5 Å². The summed E-state index contributed by atoms with van der Waals surface area (Å²) in [5, 5.41) is 11.7. The van der Waals surface area contributed by atoms with Gasteiger partial charge in [0.05, 0.1) is 17.0 Å². The standard InChI is InChI=1S/C23H29N7O2/c1-14(2)30-19(6-9-25-30)22(31)29-10-7-16(8-11-29)21-18(20-12-15(3)28-32-20)13-24-23(27-21)26-17-4-5-17/h6,9,12-14,16-17H,4-5,7-8,10-11H2,1-3H3,(H,24,26,27). The Morgan fingerprint density at radius 1 is 1.22 bits per heavy atom. The van der Waals surface area contributed by atoms with E-state index in [2.05, 4.69) is 20.6 Å². The fraction of sp³-hybridized carbons (Fsp3) is 0.522. The summed E-state index contributed by atoms with van der Waals surface area (Å²) in [5.74, 6) is 1.62. The van der Waals surface area contributed by atoms with Crippen LogP contribution in [0.15, 0.2) is 29.0 Å². The Kier molecular flexibility index (Phi) is 5.40. The number of aryl methyl sites for hydroxylation is 1. The Morgan fingerprint density at radius 3 is 2.66 bits per heavy atom. The van der Waals surface area contributed by atoms with E-state index in [4.69, 9.17) is 9.51 Å². The van der Waals surface area contributed by atoms with Crippen molar-refractivity contribution in [2.75, 3.05) is 18.4 Å². The molecule has 4 heterocycles. The molecule has 1 aliphatic heterocycles. The summed E-state index contributed by atoms with van der Waals surface area (Å²) in [7, 11) is 0. The van der Waals surface area contributed by atoms with Gasteiger partial charge in [0.15, 0.2) is 5.76 Å². The molecule has 0 bridgehead atoms. The van der Waals surface area contributed by atoms with Crippen LogP contribution in [0.2, 0.25) is 0 Å². The minimum absolute atomic E-state index is 0.0412. The number of aromatic nitrogens is 5. The molecule has 0 radical (unpaired) electrons. The number of amides is 1. The molecule has 1 amide bonds. The molecule has 9 nitrogen and oxygen atoms in total. The van der Waals surface area contributed by atoms with Crippen LogP contribution >= 0.6 is 0 Å². The summed E-state index contributed by atoms with van der Waals surface area (Å²) in [6.07, 6.45) is 7.53. The van der Waals surface area contributed by atoms with Crippen molar-refractivity contribution in [2.24, 2.45) is 0 Å². The number of nitrogens with one attached hydrogen (secondary N) is 1. The third-order valence-corrected chi connectivity index (χ3v) is 6.17. The lowest BCUT2D eigenvalue weighted by Gasteiger charge is -2.32. The highest BCUT2D eigenvalue weighted by molar-refractivity contribution is 5.92. The summed E-state index contributed by atoms with van der Waals surface area (Å²) < 4.78 is 7.33. The second-order valence-corrected chi connectivity index (χ2v) is 9.06. The average Bonchev–Trinajstić information content (AvgIpc) is 3.28. The van der Waals surface area contributed by atoms with Crippen LogP contribution in [0.5, 0.6) is 0 Å². The summed E-state index contributed by atoms with van der Waals surface area (Å²) in [6.45, 7) is 7.33. The molecule has 32 heavy (non-hydrogen) atoms. The zero-order valence-electron chi connectivity index (χ0n) is 18.8. The van der Waals surface area contributed by atoms with E-state index in [1.54, 1.807) is 16.9 Å². The van der Waals surface area contributed by atoms with E-state index in [1.807, 2.05) is 37.9 Å². The predicted octanol–water partition coefficient (Wildman–Crippen LogP) is 3.81. The largest absolute Gasteiger partial charge is 0.356 e. The third-order valence-electron chi connectivity index (χ3n) is 6.17. The first-order valence-electron chi connectivity index (χ1n) is 11.4. The lowest BCUT2D eigenvalue weighted by Crippen LogP contribution is -2.39. The van der Waals surface area contributed by atoms with E-state index in [-0.39, 0.29) is 17.9 Å². The molecule has 1 saturated carbocycles. The highest BCUT2D eigenvalue weighted by Crippen LogP contribution is 2.35. The third kappa shape index (κ3) is 4.11. The van der Waals surface area contributed by atoms with Crippen LogP contribution in [0, 0.1) is 6.92 Å². The second-order valence-electron chi connectivity index (χ2n) is 9.06. The number of piperidine rings is 1. The van der Waals surface area contributed by atoms with Crippen LogP contribution in [0.25, 0.3) is 11.3 Å². The Bertz CT molecular complexity index is 1110. The van der Waals surface area contributed by atoms with Crippen molar-refractivity contribution < 1.29 is 9.32 Å². The molecule has 0 atom stereocenters. The molecule has 9 heteroatoms. The van der Waals surface area contributed by atoms with E-state index in [1.165, 1.54) is 0 Å². The zero-order chi connectivity index (χ0) is 22.2. The number of anilines is 1. The van der Waals surface area contributed by atoms with Crippen molar-refractivity contribution in [3.63, 3.8) is 0 Å². The number of rotatable bonds is 6. The van der Waals surface area contributed by atoms with Gasteiger partial charge in [0, 0.05) is 49.6 Å². The summed E-state index contributed by atoms with van der Waals surface area (Å²) >= 11 is 0. The van der Waals surface area contributed by atoms with Gasteiger partial charge in [-0.1, -0.05) is 5.16 Å². The molecule has 5 rings (SSSR count). The summed E-state index contributed by atoms with van der Waals surface area (Å²) in [4.78, 5) is 24.4. The summed E-state index contributed by atoms with van der Waals surface area (Å²) in [6, 6.07) is 4.35. The maximum Gasteiger partial charge on any atom is 0.272 e. The molecule has 0 unspecified atom stereocenters. The minimum atomic E-state index is 0.0412. The molecule has 2 fully saturated rings. The fourth-order valence-corrected chi connectivity index (χ4v) is 4.28. The van der Waals surface area contributed by atoms with Gasteiger partial charge in [0.2, 0.25) is 5.95 Å². The maximum atomic E-state index is 13.1. The normalized spacial score (nSPS) is 17.2. The fourth-order valence-electron chi connectivity index (χ4n) is 4.28. The SMILES string of the molecule is Cc1cc(-c2cnc(NC3CC3)nc2C2CCN(C(=O)c3ccnn3C(C)C)CC2)on1. The van der Waals surface area contributed by atoms with Crippen LogP contribution in [0.3, 0.4) is 0 Å². The molecule has 3 aromatic heterocycles. The number of likely N-dealkylation sites (tertiary alicyclic amines) is 1. The van der Waals surface area contributed by atoms with Crippen molar-refractivity contribution in [3.05, 3.63) is 41.6 Å². The monoisotopic (exact) mass is 435 g/mol. The predicted molar refractivity (Wildman–Crippen MR) is 119 cm³/mol. The smallest absolute Gasteiger partial charge is 0.272 e. The van der Waals surface area contributed by atoms with Gasteiger partial charge in [0.1, 0.15) is 5.69 Å². The van der Waals surface area contributed by atoms with Gasteiger partial charge < -0.3 is 14.7 Å². The van der Waals surface area contributed by atoms with E-state index in [0.717, 1.165) is 42.6 Å². The summed E-state index contributed by atoms with van der Waals surface area (Å²) in [5.41, 5.74) is 3.33. The first-order valence-corrected chi connectivity index (χ1v) is 11.4. The van der Waals surface area contributed by atoms with Gasteiger partial charge in [-0.2, -0.15) is 5.10 Å². The minimum Gasteiger partial charge on any atom is -0.356 e. The van der Waals surface area contributed by atoms with Gasteiger partial charge in [-0.05, 0) is 52.5 Å². The number of carbonyl (C=O) groups excluding carboxylic acids is 1. The number of carbonyl (C=O) groups is 1. The molecule has 0 spiro atoms. The Morgan fingerprint density at radius 2 is 2.00 bits per heavy atom. The maximum absolute atomic E-state index is 13.1. The van der Waals surface area contributed by atoms with E-state index in [9.17, 15) is 4.79 Å². The Hall–Kier alpha value is -3.23. The Labute approximate surface area is 187 Å². The molecule has 1 aliphatic carbocycles. The average molecular weight is 436 g/mol. The topological polar surface area (TPSA) is 102 Å². The molecule has 2 aliphatic rings. The molecule has 168 valence electrons. The highest BCUT2D eigenvalue weighted by Gasteiger charge is 2.30. The van der Waals surface area contributed by atoms with Crippen molar-refractivity contribution in [3.8, 4) is 11.3 Å². The highest BCUT2D eigenvalue weighted by atomic mass is 16.5. The van der Waals surface area contributed by atoms with Crippen molar-refractivity contribution in [1.29, 1.82) is 0 Å². The van der Waals surface area contributed by atoms with Gasteiger partial charge >= 0.3 is 0 Å². The van der Waals surface area contributed by atoms with Crippen LogP contribution in [-0.2, 0) is 0 Å². The molecular formula is C23H29N7O2. The Balaban J connectivity index is 1.36. The quantitative estimate of drug-likeness (QED) is 0.628.